The molecule has 0 radical (unpaired) electrons. The Morgan fingerprint density at radius 3 is 1.60 bits per heavy atom. The summed E-state index contributed by atoms with van der Waals surface area (Å²) in [5.41, 5.74) is -0.712. The second-order valence-electron chi connectivity index (χ2n) is 13.1. The molecule has 2 aliphatic rings. The Kier molecular flexibility index (Phi) is 11.2. The van der Waals surface area contributed by atoms with Gasteiger partial charge < -0.3 is 49.6 Å². The first-order valence-electron chi connectivity index (χ1n) is 13.5. The molecule has 2 atom stereocenters. The summed E-state index contributed by atoms with van der Waals surface area (Å²) in [5, 5.41) is 58.3. The Morgan fingerprint density at radius 1 is 0.875 bits per heavy atom. The maximum atomic E-state index is 10.6. The summed E-state index contributed by atoms with van der Waals surface area (Å²) < 4.78 is 22.1. The van der Waals surface area contributed by atoms with Crippen LogP contribution in [0.25, 0.3) is 0 Å². The number of aliphatic hydroxyl groups is 4. The molecule has 2 fully saturated rings. The summed E-state index contributed by atoms with van der Waals surface area (Å²) >= 11 is 0. The Hall–Kier alpha value is -1.83. The fourth-order valence-electron chi connectivity index (χ4n) is 4.23. The Bertz CT molecular complexity index is 930. The van der Waals surface area contributed by atoms with Gasteiger partial charge in [-0.25, -0.2) is 0 Å². The molecule has 11 heteroatoms. The van der Waals surface area contributed by atoms with Crippen LogP contribution in [0.2, 0.25) is 0 Å². The van der Waals surface area contributed by atoms with Crippen LogP contribution in [0.5, 0.6) is 5.75 Å². The van der Waals surface area contributed by atoms with E-state index < -0.39 is 47.4 Å². The van der Waals surface area contributed by atoms with Crippen molar-refractivity contribution in [2.24, 2.45) is 5.41 Å². The normalized spacial score (nSPS) is 25.6. The molecule has 1 spiro atoms. The van der Waals surface area contributed by atoms with Crippen LogP contribution in [0.4, 0.5) is 0 Å². The van der Waals surface area contributed by atoms with Crippen LogP contribution in [0.15, 0.2) is 12.1 Å². The van der Waals surface area contributed by atoms with Crippen molar-refractivity contribution in [2.45, 2.75) is 110 Å². The first-order valence-corrected chi connectivity index (χ1v) is 13.5. The van der Waals surface area contributed by atoms with Crippen molar-refractivity contribution >= 4 is 5.97 Å². The number of carboxylic acid groups (broad SMARTS) is 1. The third kappa shape index (κ3) is 9.35. The molecule has 40 heavy (non-hydrogen) atoms. The molecule has 1 aromatic carbocycles. The van der Waals surface area contributed by atoms with Crippen molar-refractivity contribution in [3.8, 4) is 5.75 Å². The second-order valence-corrected chi connectivity index (χ2v) is 13.1. The van der Waals surface area contributed by atoms with E-state index in [4.69, 9.17) is 24.1 Å². The van der Waals surface area contributed by atoms with Crippen LogP contribution < -0.4 is 0 Å². The monoisotopic (exact) mass is 572 g/mol. The number of aryl methyl sites for hydroxylation is 2. The van der Waals surface area contributed by atoms with Crippen molar-refractivity contribution in [3.05, 3.63) is 28.8 Å². The van der Waals surface area contributed by atoms with Gasteiger partial charge in [0.25, 0.3) is 0 Å². The number of carboxylic acids is 1. The molecule has 0 amide bonds. The van der Waals surface area contributed by atoms with E-state index in [-0.39, 0.29) is 38.3 Å². The number of aliphatic hydroxyl groups excluding tert-OH is 2. The third-order valence-electron chi connectivity index (χ3n) is 6.97. The number of ether oxygens (including phenoxy) is 4. The van der Waals surface area contributed by atoms with Crippen molar-refractivity contribution in [3.63, 3.8) is 0 Å². The highest BCUT2D eigenvalue weighted by Crippen LogP contribution is 2.35. The van der Waals surface area contributed by atoms with Crippen LogP contribution in [0.1, 0.15) is 71.6 Å². The van der Waals surface area contributed by atoms with Crippen molar-refractivity contribution in [2.75, 3.05) is 26.4 Å². The molecule has 2 aliphatic heterocycles. The largest absolute Gasteiger partial charge is 0.507 e. The number of hydrogen-bond acceptors (Lipinski definition) is 10. The van der Waals surface area contributed by atoms with Gasteiger partial charge in [-0.05, 0) is 63.1 Å². The minimum absolute atomic E-state index is 0.119. The van der Waals surface area contributed by atoms with Crippen molar-refractivity contribution < 1.29 is 54.4 Å². The molecular weight excluding hydrogens is 524 g/mol. The molecule has 2 heterocycles. The summed E-state index contributed by atoms with van der Waals surface area (Å²) in [6.45, 7) is 14.8. The Balaban J connectivity index is 0.000000294. The fraction of sp³-hybridized carbons (Fsp3) is 0.759. The zero-order valence-electron chi connectivity index (χ0n) is 24.9. The number of aliphatic carboxylic acids is 1. The van der Waals surface area contributed by atoms with Crippen LogP contribution in [0.3, 0.4) is 0 Å². The molecule has 0 bridgehead atoms. The summed E-state index contributed by atoms with van der Waals surface area (Å²) in [7, 11) is 0. The van der Waals surface area contributed by atoms with E-state index in [9.17, 15) is 30.3 Å². The predicted molar refractivity (Wildman–Crippen MR) is 146 cm³/mol. The molecule has 0 aliphatic carbocycles. The zero-order valence-corrected chi connectivity index (χ0v) is 24.9. The number of phenolic OH excluding ortho intramolecular Hbond substituents is 1. The molecule has 230 valence electrons. The number of benzene rings is 1. The van der Waals surface area contributed by atoms with Gasteiger partial charge in [-0.15, -0.1) is 0 Å². The summed E-state index contributed by atoms with van der Waals surface area (Å²) in [6, 6.07) is 3.76. The van der Waals surface area contributed by atoms with E-state index in [1.807, 2.05) is 39.8 Å². The van der Waals surface area contributed by atoms with Gasteiger partial charge in [0, 0.05) is 6.42 Å². The highest BCUT2D eigenvalue weighted by Gasteiger charge is 2.47. The van der Waals surface area contributed by atoms with E-state index in [0.717, 1.165) is 16.7 Å². The quantitative estimate of drug-likeness (QED) is 0.282. The van der Waals surface area contributed by atoms with Crippen LogP contribution >= 0.6 is 0 Å². The Labute approximate surface area is 236 Å². The molecule has 3 rings (SSSR count). The number of hydrogen-bond donors (Lipinski definition) is 6. The average molecular weight is 573 g/mol. The molecule has 2 unspecified atom stereocenters. The molecule has 11 nitrogen and oxygen atoms in total. The SMILES string of the molecule is CC(C)(O)C(O)C1OCC2(CO1)COC(C(O)C(C)(C)O)OC2.Cc1cc(CCC(=O)O)cc(C(C)(C)C)c1O. The molecule has 6 N–H and O–H groups in total. The van der Waals surface area contributed by atoms with Crippen LogP contribution in [-0.2, 0) is 35.6 Å². The minimum Gasteiger partial charge on any atom is -0.507 e. The lowest BCUT2D eigenvalue weighted by Crippen LogP contribution is -2.59. The van der Waals surface area contributed by atoms with Gasteiger partial charge >= 0.3 is 5.97 Å². The summed E-state index contributed by atoms with van der Waals surface area (Å²) in [5.74, 6) is -0.482. The van der Waals surface area contributed by atoms with Crippen molar-refractivity contribution in [1.29, 1.82) is 0 Å². The average Bonchev–Trinajstić information content (AvgIpc) is 2.83. The number of aromatic hydroxyl groups is 1. The smallest absolute Gasteiger partial charge is 0.303 e. The lowest BCUT2D eigenvalue weighted by molar-refractivity contribution is -0.341. The lowest BCUT2D eigenvalue weighted by Gasteiger charge is -2.46. The second kappa shape index (κ2) is 13.0. The van der Waals surface area contributed by atoms with E-state index >= 15 is 0 Å². The molecule has 2 saturated heterocycles. The molecule has 0 saturated carbocycles. The standard InChI is InChI=1S/C15H28O8.C14H20O3/c1-13(2,18)9(16)11-20-5-15(6-21-11)7-22-12(23-8-15)10(17)14(3,4)19;1-9-7-10(5-6-12(15)16)8-11(13(9)17)14(2,3)4/h9-12,16-19H,5-8H2,1-4H3;7-8,17H,5-6H2,1-4H3,(H,15,16). The van der Waals surface area contributed by atoms with E-state index in [2.05, 4.69) is 0 Å². The van der Waals surface area contributed by atoms with Crippen LogP contribution in [-0.4, -0.2) is 99.0 Å². The summed E-state index contributed by atoms with van der Waals surface area (Å²) in [6.07, 6.45) is -3.56. The maximum Gasteiger partial charge on any atom is 0.303 e. The van der Waals surface area contributed by atoms with E-state index in [1.54, 1.807) is 0 Å². The Morgan fingerprint density at radius 2 is 1.27 bits per heavy atom. The van der Waals surface area contributed by atoms with E-state index in [1.165, 1.54) is 27.7 Å². The van der Waals surface area contributed by atoms with Gasteiger partial charge in [-0.3, -0.25) is 4.79 Å². The van der Waals surface area contributed by atoms with Crippen LogP contribution in [0, 0.1) is 12.3 Å². The lowest BCUT2D eigenvalue weighted by atomic mass is 9.83. The van der Waals surface area contributed by atoms with Gasteiger partial charge in [-0.2, -0.15) is 0 Å². The van der Waals surface area contributed by atoms with Gasteiger partial charge in [-0.1, -0.05) is 32.9 Å². The topological polar surface area (TPSA) is 175 Å². The van der Waals surface area contributed by atoms with Gasteiger partial charge in [0.05, 0.1) is 43.0 Å². The molecular formula is C29H48O11. The van der Waals surface area contributed by atoms with Crippen molar-refractivity contribution in [1.82, 2.24) is 0 Å². The highest BCUT2D eigenvalue weighted by molar-refractivity contribution is 5.67. The van der Waals surface area contributed by atoms with Gasteiger partial charge in [0.1, 0.15) is 18.0 Å². The van der Waals surface area contributed by atoms with Gasteiger partial charge in [0.15, 0.2) is 12.6 Å². The first kappa shape index (κ1) is 34.4. The third-order valence-corrected chi connectivity index (χ3v) is 6.97. The summed E-state index contributed by atoms with van der Waals surface area (Å²) in [4.78, 5) is 10.6. The number of phenols is 1. The fourth-order valence-corrected chi connectivity index (χ4v) is 4.23. The highest BCUT2D eigenvalue weighted by atomic mass is 16.7. The van der Waals surface area contributed by atoms with E-state index in [0.29, 0.717) is 12.2 Å². The predicted octanol–water partition coefficient (Wildman–Crippen LogP) is 2.00. The molecule has 1 aromatic rings. The number of rotatable bonds is 7. The first-order chi connectivity index (χ1) is 18.2. The molecule has 0 aromatic heterocycles. The number of carbonyl (C=O) groups is 1. The maximum absolute atomic E-state index is 10.6. The van der Waals surface area contributed by atoms with Gasteiger partial charge in [0.2, 0.25) is 0 Å². The zero-order chi connectivity index (χ0) is 30.7. The minimum atomic E-state index is -1.34.